The molecule has 0 radical (unpaired) electrons. The second-order valence-electron chi connectivity index (χ2n) is 8.24. The van der Waals surface area contributed by atoms with Crippen LogP contribution in [0.5, 0.6) is 0 Å². The van der Waals surface area contributed by atoms with Crippen molar-refractivity contribution in [2.75, 3.05) is 29.4 Å². The molecular weight excluding hydrogens is 449 g/mol. The highest BCUT2D eigenvalue weighted by molar-refractivity contribution is 6.00. The Morgan fingerprint density at radius 3 is 2.64 bits per heavy atom. The van der Waals surface area contributed by atoms with Crippen molar-refractivity contribution < 1.29 is 26.7 Å². The smallest absolute Gasteiger partial charge is 0.354 e. The van der Waals surface area contributed by atoms with Crippen LogP contribution in [0.4, 0.5) is 33.5 Å². The lowest BCUT2D eigenvalue weighted by Crippen LogP contribution is -2.37. The van der Waals surface area contributed by atoms with Gasteiger partial charge in [0, 0.05) is 25.8 Å². The molecule has 3 aromatic rings. The topological polar surface area (TPSA) is 80.0 Å². The maximum Gasteiger partial charge on any atom is 0.417 e. The number of nitrogens with zero attached hydrogens (tertiary/aromatic N) is 7. The minimum absolute atomic E-state index is 0.113. The van der Waals surface area contributed by atoms with Crippen LogP contribution in [0.25, 0.3) is 11.2 Å². The van der Waals surface area contributed by atoms with Crippen LogP contribution >= 0.6 is 0 Å². The third kappa shape index (κ3) is 3.74. The summed E-state index contributed by atoms with van der Waals surface area (Å²) in [4.78, 5) is 28.8. The fourth-order valence-corrected chi connectivity index (χ4v) is 4.50. The molecule has 33 heavy (non-hydrogen) atoms. The normalized spacial score (nSPS) is 21.3. The molecule has 5 rings (SSSR count). The summed E-state index contributed by atoms with van der Waals surface area (Å²) in [6.45, 7) is 0.451. The Balaban J connectivity index is 1.37. The van der Waals surface area contributed by atoms with Gasteiger partial charge in [-0.25, -0.2) is 23.4 Å². The van der Waals surface area contributed by atoms with E-state index in [9.17, 15) is 26.7 Å². The molecule has 1 spiro atoms. The number of hydrogen-bond acceptors (Lipinski definition) is 6. The lowest BCUT2D eigenvalue weighted by molar-refractivity contribution is -0.137. The van der Waals surface area contributed by atoms with Gasteiger partial charge in [0.05, 0.1) is 35.3 Å². The molecule has 0 aromatic carbocycles. The molecule has 0 aliphatic carbocycles. The molecule has 13 heteroatoms. The summed E-state index contributed by atoms with van der Waals surface area (Å²) >= 11 is 0. The summed E-state index contributed by atoms with van der Waals surface area (Å²) in [6, 6.07) is 0.931. The molecule has 5 heterocycles. The Bertz CT molecular complexity index is 1210. The van der Waals surface area contributed by atoms with Crippen molar-refractivity contribution in [1.82, 2.24) is 24.7 Å². The number of rotatable bonds is 4. The third-order valence-electron chi connectivity index (χ3n) is 6.20. The van der Waals surface area contributed by atoms with E-state index in [1.807, 2.05) is 4.90 Å². The van der Waals surface area contributed by atoms with Crippen LogP contribution in [-0.4, -0.2) is 56.7 Å². The van der Waals surface area contributed by atoms with Gasteiger partial charge in [-0.1, -0.05) is 0 Å². The minimum atomic E-state index is -4.55. The van der Waals surface area contributed by atoms with Crippen molar-refractivity contribution in [3.63, 3.8) is 0 Å². The second-order valence-corrected chi connectivity index (χ2v) is 8.24. The van der Waals surface area contributed by atoms with Crippen LogP contribution in [-0.2, 0) is 17.5 Å². The molecule has 2 aliphatic heterocycles. The van der Waals surface area contributed by atoms with Gasteiger partial charge in [-0.15, -0.1) is 0 Å². The van der Waals surface area contributed by atoms with E-state index in [4.69, 9.17) is 0 Å². The first-order chi connectivity index (χ1) is 15.7. The fraction of sp³-hybridized carbons (Fsp3) is 0.450. The van der Waals surface area contributed by atoms with Gasteiger partial charge in [-0.05, 0) is 18.9 Å². The van der Waals surface area contributed by atoms with E-state index in [0.29, 0.717) is 37.3 Å². The molecule has 0 saturated carbocycles. The zero-order valence-corrected chi connectivity index (χ0v) is 17.1. The number of fused-ring (bicyclic) bond motifs is 1. The number of carbonyl (C=O) groups excluding carboxylic acids is 1. The van der Waals surface area contributed by atoms with Crippen LogP contribution in [0.2, 0.25) is 0 Å². The SMILES string of the molecule is O=C1N(c2cncc(C(F)(F)F)c2)CCC12CCN(c1cnc3cnn(CC(F)F)c3n1)C2. The largest absolute Gasteiger partial charge is 0.417 e. The van der Waals surface area contributed by atoms with E-state index in [0.717, 1.165) is 16.9 Å². The van der Waals surface area contributed by atoms with Crippen molar-refractivity contribution in [1.29, 1.82) is 0 Å². The summed E-state index contributed by atoms with van der Waals surface area (Å²) in [5, 5.41) is 3.90. The average molecular weight is 467 g/mol. The van der Waals surface area contributed by atoms with Gasteiger partial charge < -0.3 is 9.80 Å². The molecule has 2 saturated heterocycles. The average Bonchev–Trinajstić information content (AvgIpc) is 3.46. The molecular formula is C20H18F5N7O. The molecule has 174 valence electrons. The highest BCUT2D eigenvalue weighted by Gasteiger charge is 2.51. The van der Waals surface area contributed by atoms with Crippen LogP contribution in [0.15, 0.2) is 30.9 Å². The predicted molar refractivity (Wildman–Crippen MR) is 107 cm³/mol. The molecule has 1 unspecified atom stereocenters. The van der Waals surface area contributed by atoms with Gasteiger partial charge in [0.2, 0.25) is 5.91 Å². The van der Waals surface area contributed by atoms with Crippen LogP contribution in [0.1, 0.15) is 18.4 Å². The Morgan fingerprint density at radius 1 is 1.09 bits per heavy atom. The third-order valence-corrected chi connectivity index (χ3v) is 6.20. The van der Waals surface area contributed by atoms with E-state index >= 15 is 0 Å². The lowest BCUT2D eigenvalue weighted by atomic mass is 9.85. The Labute approximate surface area is 184 Å². The summed E-state index contributed by atoms with van der Waals surface area (Å²) in [7, 11) is 0. The van der Waals surface area contributed by atoms with E-state index in [1.165, 1.54) is 23.5 Å². The fourth-order valence-electron chi connectivity index (χ4n) is 4.50. The summed E-state index contributed by atoms with van der Waals surface area (Å²) in [5.41, 5.74) is -0.960. The molecule has 0 bridgehead atoms. The number of carbonyl (C=O) groups is 1. The second kappa shape index (κ2) is 7.59. The molecule has 3 aromatic heterocycles. The maximum absolute atomic E-state index is 13.3. The van der Waals surface area contributed by atoms with Crippen LogP contribution in [0, 0.1) is 5.41 Å². The molecule has 2 aliphatic rings. The highest BCUT2D eigenvalue weighted by Crippen LogP contribution is 2.44. The van der Waals surface area contributed by atoms with Crippen molar-refractivity contribution in [2.45, 2.75) is 32.0 Å². The van der Waals surface area contributed by atoms with Gasteiger partial charge in [0.15, 0.2) is 5.65 Å². The zero-order valence-electron chi connectivity index (χ0n) is 17.1. The van der Waals surface area contributed by atoms with E-state index in [-0.39, 0.29) is 23.8 Å². The number of aromatic nitrogens is 5. The molecule has 0 N–H and O–H groups in total. The first-order valence-electron chi connectivity index (χ1n) is 10.2. The number of pyridine rings is 1. The standard InChI is InChI=1S/C20H18F5N7O/c21-15(22)10-32-17-14(8-28-32)27-9-16(29-17)30-3-1-19(11-30)2-4-31(18(19)33)13-5-12(6-26-7-13)20(23,24)25/h5-9,15H,1-4,10-11H2. The number of hydrogen-bond donors (Lipinski definition) is 0. The number of anilines is 2. The number of amides is 1. The Morgan fingerprint density at radius 2 is 1.88 bits per heavy atom. The zero-order chi connectivity index (χ0) is 23.4. The molecule has 8 nitrogen and oxygen atoms in total. The minimum Gasteiger partial charge on any atom is -0.354 e. The summed E-state index contributed by atoms with van der Waals surface area (Å²) in [5.74, 6) is 0.172. The Kier molecular flexibility index (Phi) is 4.94. The van der Waals surface area contributed by atoms with E-state index in [1.54, 1.807) is 0 Å². The van der Waals surface area contributed by atoms with Crippen LogP contribution in [0.3, 0.4) is 0 Å². The maximum atomic E-state index is 13.3. The summed E-state index contributed by atoms with van der Waals surface area (Å²) < 4.78 is 65.9. The van der Waals surface area contributed by atoms with Gasteiger partial charge in [-0.3, -0.25) is 9.78 Å². The van der Waals surface area contributed by atoms with Gasteiger partial charge in [0.25, 0.3) is 6.43 Å². The van der Waals surface area contributed by atoms with Crippen LogP contribution < -0.4 is 9.80 Å². The molecule has 1 atom stereocenters. The number of halogens is 5. The van der Waals surface area contributed by atoms with Crippen molar-refractivity contribution in [3.05, 3.63) is 36.4 Å². The predicted octanol–water partition coefficient (Wildman–Crippen LogP) is 3.14. The molecule has 2 fully saturated rings. The first-order valence-corrected chi connectivity index (χ1v) is 10.2. The monoisotopic (exact) mass is 467 g/mol. The quantitative estimate of drug-likeness (QED) is 0.549. The van der Waals surface area contributed by atoms with E-state index < -0.39 is 30.1 Å². The lowest BCUT2D eigenvalue weighted by Gasteiger charge is -2.24. The first kappa shape index (κ1) is 21.5. The van der Waals surface area contributed by atoms with Gasteiger partial charge in [0.1, 0.15) is 17.9 Å². The summed E-state index contributed by atoms with van der Waals surface area (Å²) in [6.07, 6.45) is -1.34. The van der Waals surface area contributed by atoms with Gasteiger partial charge >= 0.3 is 6.18 Å². The molecule has 1 amide bonds. The van der Waals surface area contributed by atoms with Crippen molar-refractivity contribution in [3.8, 4) is 0 Å². The number of alkyl halides is 5. The van der Waals surface area contributed by atoms with Crippen molar-refractivity contribution >= 4 is 28.6 Å². The highest BCUT2D eigenvalue weighted by atomic mass is 19.4. The Hall–Kier alpha value is -3.38. The van der Waals surface area contributed by atoms with E-state index in [2.05, 4.69) is 20.1 Å². The van der Waals surface area contributed by atoms with Crippen molar-refractivity contribution in [2.24, 2.45) is 5.41 Å². The van der Waals surface area contributed by atoms with Gasteiger partial charge in [-0.2, -0.15) is 18.3 Å².